The quantitative estimate of drug-likeness (QED) is 0.246. The second kappa shape index (κ2) is 10.3. The molecule has 31 heavy (non-hydrogen) atoms. The van der Waals surface area contributed by atoms with Gasteiger partial charge >= 0.3 is 0 Å². The number of guanidine groups is 1. The molecule has 0 radical (unpaired) electrons. The Kier molecular flexibility index (Phi) is 7.78. The zero-order chi connectivity index (χ0) is 22.5. The summed E-state index contributed by atoms with van der Waals surface area (Å²) >= 11 is 12.7. The van der Waals surface area contributed by atoms with Crippen LogP contribution in [0.4, 0.5) is 5.69 Å². The van der Waals surface area contributed by atoms with Gasteiger partial charge in [0.25, 0.3) is 0 Å². The molecule has 1 aliphatic rings. The zero-order valence-electron chi connectivity index (χ0n) is 17.4. The van der Waals surface area contributed by atoms with E-state index in [9.17, 15) is 4.79 Å². The van der Waals surface area contributed by atoms with Gasteiger partial charge in [-0.1, -0.05) is 35.3 Å². The van der Waals surface area contributed by atoms with Crippen molar-refractivity contribution in [2.24, 2.45) is 11.5 Å². The van der Waals surface area contributed by atoms with E-state index in [1.54, 1.807) is 6.07 Å². The number of anilines is 1. The predicted octanol–water partition coefficient (Wildman–Crippen LogP) is 3.10. The first-order valence-electron chi connectivity index (χ1n) is 10.1. The Morgan fingerprint density at radius 3 is 2.68 bits per heavy atom. The molecule has 0 fully saturated rings. The van der Waals surface area contributed by atoms with Crippen LogP contribution in [-0.4, -0.2) is 42.9 Å². The number of amides is 1. The molecule has 7 nitrogen and oxygen atoms in total. The number of carbonyl (C=O) groups excluding carboxylic acids is 1. The summed E-state index contributed by atoms with van der Waals surface area (Å²) in [5.74, 6) is -0.183. The maximum atomic E-state index is 12.3. The molecule has 1 heterocycles. The molecular formula is C22H28Cl2N6O. The molecule has 7 N–H and O–H groups in total. The summed E-state index contributed by atoms with van der Waals surface area (Å²) in [6, 6.07) is 11.0. The van der Waals surface area contributed by atoms with Crippen molar-refractivity contribution in [1.82, 2.24) is 10.2 Å². The van der Waals surface area contributed by atoms with Crippen molar-refractivity contribution in [3.05, 3.63) is 63.1 Å². The van der Waals surface area contributed by atoms with Crippen molar-refractivity contribution in [2.75, 3.05) is 25.5 Å². The first-order chi connectivity index (χ1) is 14.7. The van der Waals surface area contributed by atoms with Crippen molar-refractivity contribution >= 4 is 40.8 Å². The molecule has 2 unspecified atom stereocenters. The van der Waals surface area contributed by atoms with Gasteiger partial charge in [0.15, 0.2) is 5.96 Å². The van der Waals surface area contributed by atoms with Gasteiger partial charge in [0.05, 0.1) is 6.04 Å². The number of nitrogens with two attached hydrogens (primary N) is 2. The summed E-state index contributed by atoms with van der Waals surface area (Å²) in [5, 5.41) is 14.0. The van der Waals surface area contributed by atoms with Gasteiger partial charge in [-0.15, -0.1) is 0 Å². The van der Waals surface area contributed by atoms with Crippen molar-refractivity contribution in [1.29, 1.82) is 5.41 Å². The third-order valence-electron chi connectivity index (χ3n) is 5.42. The molecule has 2 aromatic carbocycles. The summed E-state index contributed by atoms with van der Waals surface area (Å²) in [5.41, 5.74) is 15.3. The molecule has 0 saturated heterocycles. The summed E-state index contributed by atoms with van der Waals surface area (Å²) in [6.07, 6.45) is 1.14. The van der Waals surface area contributed by atoms with E-state index in [2.05, 4.69) is 22.6 Å². The van der Waals surface area contributed by atoms with Gasteiger partial charge in [-0.05, 0) is 60.8 Å². The molecule has 0 aromatic heterocycles. The largest absolute Gasteiger partial charge is 0.370 e. The number of rotatable bonds is 7. The fourth-order valence-corrected chi connectivity index (χ4v) is 4.41. The van der Waals surface area contributed by atoms with Crippen molar-refractivity contribution < 1.29 is 4.79 Å². The van der Waals surface area contributed by atoms with Gasteiger partial charge in [-0.2, -0.15) is 0 Å². The molecule has 166 valence electrons. The Balaban J connectivity index is 1.66. The van der Waals surface area contributed by atoms with Crippen molar-refractivity contribution in [3.8, 4) is 0 Å². The number of carbonyl (C=O) groups is 1. The molecule has 1 amide bonds. The molecule has 1 aliphatic heterocycles. The lowest BCUT2D eigenvalue weighted by atomic mass is 9.84. The van der Waals surface area contributed by atoms with Gasteiger partial charge in [-0.3, -0.25) is 10.2 Å². The molecular weight excluding hydrogens is 435 g/mol. The average molecular weight is 463 g/mol. The molecule has 2 aromatic rings. The standard InChI is InChI=1S/C22H28Cl2N6O/c1-30-11-17(16-9-14(23)10-19(24)18(16)12-30)13-4-6-15(7-5-13)29-21(31)20(25)3-2-8-28-22(26)27/h4-7,9-10,17,20H,2-3,8,11-12,25H2,1H3,(H,29,31)(H4,26,27,28). The molecule has 9 heteroatoms. The van der Waals surface area contributed by atoms with Crippen LogP contribution in [0.3, 0.4) is 0 Å². The molecule has 0 saturated carbocycles. The van der Waals surface area contributed by atoms with E-state index in [0.29, 0.717) is 35.1 Å². The lowest BCUT2D eigenvalue weighted by molar-refractivity contribution is -0.117. The van der Waals surface area contributed by atoms with Gasteiger partial charge in [-0.25, -0.2) is 0 Å². The fraction of sp³-hybridized carbons (Fsp3) is 0.364. The number of benzene rings is 2. The SMILES string of the molecule is CN1Cc2c(Cl)cc(Cl)cc2C(c2ccc(NC(=O)C(N)CCCNC(=N)N)cc2)C1. The molecule has 0 spiro atoms. The predicted molar refractivity (Wildman–Crippen MR) is 127 cm³/mol. The van der Waals surface area contributed by atoms with Crippen LogP contribution in [0.1, 0.15) is 35.4 Å². The maximum Gasteiger partial charge on any atom is 0.241 e. The van der Waals surface area contributed by atoms with E-state index in [-0.39, 0.29) is 17.8 Å². The second-order valence-electron chi connectivity index (χ2n) is 7.91. The van der Waals surface area contributed by atoms with E-state index in [4.69, 9.17) is 40.1 Å². The Labute approximate surface area is 192 Å². The highest BCUT2D eigenvalue weighted by molar-refractivity contribution is 6.35. The van der Waals surface area contributed by atoms with Crippen LogP contribution in [0.5, 0.6) is 0 Å². The number of hydrogen-bond acceptors (Lipinski definition) is 4. The third-order valence-corrected chi connectivity index (χ3v) is 5.97. The van der Waals surface area contributed by atoms with Crippen molar-refractivity contribution in [3.63, 3.8) is 0 Å². The Morgan fingerprint density at radius 2 is 2.00 bits per heavy atom. The minimum Gasteiger partial charge on any atom is -0.370 e. The Bertz CT molecular complexity index is 950. The number of likely N-dealkylation sites (N-methyl/N-ethyl adjacent to an activating group) is 1. The minimum absolute atomic E-state index is 0.0885. The summed E-state index contributed by atoms with van der Waals surface area (Å²) in [6.45, 7) is 2.15. The van der Waals surface area contributed by atoms with Crippen LogP contribution in [0.2, 0.25) is 10.0 Å². The van der Waals surface area contributed by atoms with Crippen molar-refractivity contribution in [2.45, 2.75) is 31.3 Å². The number of nitrogens with one attached hydrogen (secondary N) is 3. The highest BCUT2D eigenvalue weighted by Crippen LogP contribution is 2.38. The Morgan fingerprint density at radius 1 is 1.29 bits per heavy atom. The van der Waals surface area contributed by atoms with Gasteiger partial charge < -0.3 is 27.0 Å². The smallest absolute Gasteiger partial charge is 0.241 e. The third kappa shape index (κ3) is 6.11. The highest BCUT2D eigenvalue weighted by Gasteiger charge is 2.27. The van der Waals surface area contributed by atoms with Crippen LogP contribution in [0.25, 0.3) is 0 Å². The lowest BCUT2D eigenvalue weighted by Crippen LogP contribution is -2.37. The monoisotopic (exact) mass is 462 g/mol. The van der Waals surface area contributed by atoms with Crippen LogP contribution in [0, 0.1) is 5.41 Å². The van der Waals surface area contributed by atoms with Crippen LogP contribution >= 0.6 is 23.2 Å². The molecule has 3 rings (SSSR count). The van der Waals surface area contributed by atoms with Gasteiger partial charge in [0, 0.05) is 41.3 Å². The van der Waals surface area contributed by atoms with E-state index in [1.807, 2.05) is 30.3 Å². The lowest BCUT2D eigenvalue weighted by Gasteiger charge is -2.33. The first-order valence-corrected chi connectivity index (χ1v) is 10.9. The fourth-order valence-electron chi connectivity index (χ4n) is 3.84. The molecule has 0 bridgehead atoms. The van der Waals surface area contributed by atoms with E-state index >= 15 is 0 Å². The first kappa shape index (κ1) is 23.3. The minimum atomic E-state index is -0.628. The topological polar surface area (TPSA) is 120 Å². The molecule has 0 aliphatic carbocycles. The van der Waals surface area contributed by atoms with Gasteiger partial charge in [0.1, 0.15) is 0 Å². The number of fused-ring (bicyclic) bond motifs is 1. The normalized spacial score (nSPS) is 17.0. The zero-order valence-corrected chi connectivity index (χ0v) is 18.9. The van der Waals surface area contributed by atoms with Crippen LogP contribution in [0.15, 0.2) is 36.4 Å². The summed E-state index contributed by atoms with van der Waals surface area (Å²) in [4.78, 5) is 14.6. The van der Waals surface area contributed by atoms with Crippen LogP contribution < -0.4 is 22.1 Å². The Hall–Kier alpha value is -2.32. The maximum absolute atomic E-state index is 12.3. The average Bonchev–Trinajstić information content (AvgIpc) is 2.71. The van der Waals surface area contributed by atoms with E-state index in [1.165, 1.54) is 0 Å². The summed E-state index contributed by atoms with van der Waals surface area (Å²) in [7, 11) is 2.07. The number of hydrogen-bond donors (Lipinski definition) is 5. The van der Waals surface area contributed by atoms with E-state index in [0.717, 1.165) is 29.8 Å². The number of nitrogens with zero attached hydrogens (tertiary/aromatic N) is 1. The summed E-state index contributed by atoms with van der Waals surface area (Å²) < 4.78 is 0. The van der Waals surface area contributed by atoms with Crippen LogP contribution in [-0.2, 0) is 11.3 Å². The second-order valence-corrected chi connectivity index (χ2v) is 8.75. The highest BCUT2D eigenvalue weighted by atomic mass is 35.5. The number of halogens is 2. The van der Waals surface area contributed by atoms with E-state index < -0.39 is 6.04 Å². The molecule has 2 atom stereocenters. The van der Waals surface area contributed by atoms with Gasteiger partial charge in [0.2, 0.25) is 5.91 Å².